The molecule has 0 amide bonds. The zero-order valence-electron chi connectivity index (χ0n) is 9.56. The molecule has 1 aliphatic heterocycles. The van der Waals surface area contributed by atoms with Crippen molar-refractivity contribution in [2.24, 2.45) is 5.92 Å². The average molecular weight is 184 g/mol. The van der Waals surface area contributed by atoms with Crippen molar-refractivity contribution in [1.29, 1.82) is 0 Å². The van der Waals surface area contributed by atoms with Crippen molar-refractivity contribution in [2.45, 2.75) is 38.6 Å². The maximum atomic E-state index is 3.44. The topological polar surface area (TPSA) is 15.3 Å². The Morgan fingerprint density at radius 3 is 2.15 bits per heavy atom. The molecule has 0 unspecified atom stereocenters. The normalized spacial score (nSPS) is 22.6. The Morgan fingerprint density at radius 2 is 1.77 bits per heavy atom. The van der Waals surface area contributed by atoms with Crippen LogP contribution in [0.2, 0.25) is 0 Å². The molecular weight excluding hydrogens is 160 g/mol. The Morgan fingerprint density at radius 1 is 1.23 bits per heavy atom. The van der Waals surface area contributed by atoms with E-state index in [0.29, 0.717) is 5.54 Å². The Labute approximate surface area is 82.7 Å². The van der Waals surface area contributed by atoms with Gasteiger partial charge in [0.1, 0.15) is 0 Å². The van der Waals surface area contributed by atoms with Gasteiger partial charge in [-0.3, -0.25) is 0 Å². The molecule has 1 heterocycles. The van der Waals surface area contributed by atoms with E-state index in [1.807, 2.05) is 0 Å². The van der Waals surface area contributed by atoms with Gasteiger partial charge in [0.2, 0.25) is 0 Å². The maximum absolute atomic E-state index is 3.44. The molecule has 0 radical (unpaired) electrons. The quantitative estimate of drug-likeness (QED) is 0.718. The summed E-state index contributed by atoms with van der Waals surface area (Å²) in [5.41, 5.74) is 0.472. The minimum Gasteiger partial charge on any atom is -0.317 e. The number of nitrogens with one attached hydrogen (secondary N) is 1. The molecular formula is C11H24N2. The second kappa shape index (κ2) is 4.43. The fraction of sp³-hybridized carbons (Fsp3) is 1.00. The highest BCUT2D eigenvalue weighted by Gasteiger charge is 2.34. The van der Waals surface area contributed by atoms with Crippen LogP contribution in [-0.2, 0) is 0 Å². The lowest BCUT2D eigenvalue weighted by atomic mass is 9.80. The first-order chi connectivity index (χ1) is 6.07. The first kappa shape index (κ1) is 11.0. The molecule has 2 heteroatoms. The molecule has 1 N–H and O–H groups in total. The third-order valence-electron chi connectivity index (χ3n) is 3.27. The second-order valence-electron chi connectivity index (χ2n) is 4.97. The van der Waals surface area contributed by atoms with Gasteiger partial charge >= 0.3 is 0 Å². The number of rotatable bonds is 3. The van der Waals surface area contributed by atoms with Crippen LogP contribution in [0, 0.1) is 5.92 Å². The number of piperidine rings is 1. The summed E-state index contributed by atoms with van der Waals surface area (Å²) in [7, 11) is 4.46. The molecule has 0 bridgehead atoms. The van der Waals surface area contributed by atoms with E-state index in [1.165, 1.54) is 32.4 Å². The van der Waals surface area contributed by atoms with Crippen LogP contribution in [-0.4, -0.2) is 37.6 Å². The van der Waals surface area contributed by atoms with Crippen molar-refractivity contribution in [1.82, 2.24) is 10.2 Å². The van der Waals surface area contributed by atoms with E-state index in [2.05, 4.69) is 38.2 Å². The largest absolute Gasteiger partial charge is 0.317 e. The number of hydrogen-bond donors (Lipinski definition) is 1. The highest BCUT2D eigenvalue weighted by atomic mass is 15.2. The first-order valence-corrected chi connectivity index (χ1v) is 5.45. The van der Waals surface area contributed by atoms with Gasteiger partial charge in [0.05, 0.1) is 0 Å². The summed E-state index contributed by atoms with van der Waals surface area (Å²) < 4.78 is 0. The molecule has 0 spiro atoms. The molecule has 0 saturated carbocycles. The average Bonchev–Trinajstić information content (AvgIpc) is 2.04. The lowest BCUT2D eigenvalue weighted by molar-refractivity contribution is 0.0840. The fourth-order valence-electron chi connectivity index (χ4n) is 2.49. The molecule has 2 nitrogen and oxygen atoms in total. The molecule has 0 aromatic rings. The van der Waals surface area contributed by atoms with Gasteiger partial charge in [-0.1, -0.05) is 13.8 Å². The molecule has 1 rings (SSSR count). The van der Waals surface area contributed by atoms with Crippen molar-refractivity contribution in [2.75, 3.05) is 27.2 Å². The highest BCUT2D eigenvalue weighted by molar-refractivity contribution is 4.92. The standard InChI is InChI=1S/C11H24N2/c1-10(2)9-11(13(3)4)5-7-12-8-6-11/h10,12H,5-9H2,1-4H3. The smallest absolute Gasteiger partial charge is 0.0230 e. The van der Waals surface area contributed by atoms with Gasteiger partial charge < -0.3 is 10.2 Å². The summed E-state index contributed by atoms with van der Waals surface area (Å²) in [5, 5.41) is 3.44. The van der Waals surface area contributed by atoms with Gasteiger partial charge in [0.25, 0.3) is 0 Å². The Bertz CT molecular complexity index is 146. The lowest BCUT2D eigenvalue weighted by Gasteiger charge is -2.44. The van der Waals surface area contributed by atoms with Crippen LogP contribution in [0.25, 0.3) is 0 Å². The highest BCUT2D eigenvalue weighted by Crippen LogP contribution is 2.30. The molecule has 1 fully saturated rings. The molecule has 1 aliphatic rings. The summed E-state index contributed by atoms with van der Waals surface area (Å²) in [6.07, 6.45) is 3.94. The zero-order valence-corrected chi connectivity index (χ0v) is 9.56. The third-order valence-corrected chi connectivity index (χ3v) is 3.27. The summed E-state index contributed by atoms with van der Waals surface area (Å²) in [6, 6.07) is 0. The minimum atomic E-state index is 0.472. The lowest BCUT2D eigenvalue weighted by Crippen LogP contribution is -2.52. The van der Waals surface area contributed by atoms with Crippen LogP contribution in [0.1, 0.15) is 33.1 Å². The van der Waals surface area contributed by atoms with E-state index < -0.39 is 0 Å². The number of nitrogens with zero attached hydrogens (tertiary/aromatic N) is 1. The van der Waals surface area contributed by atoms with Crippen molar-refractivity contribution in [3.63, 3.8) is 0 Å². The molecule has 13 heavy (non-hydrogen) atoms. The SMILES string of the molecule is CC(C)CC1(N(C)C)CCNCC1. The molecule has 1 saturated heterocycles. The van der Waals surface area contributed by atoms with Gasteiger partial charge in [-0.25, -0.2) is 0 Å². The van der Waals surface area contributed by atoms with Crippen molar-refractivity contribution >= 4 is 0 Å². The van der Waals surface area contributed by atoms with Gasteiger partial charge in [-0.15, -0.1) is 0 Å². The van der Waals surface area contributed by atoms with Crippen LogP contribution in [0.15, 0.2) is 0 Å². The summed E-state index contributed by atoms with van der Waals surface area (Å²) >= 11 is 0. The van der Waals surface area contributed by atoms with Gasteiger partial charge in [0.15, 0.2) is 0 Å². The van der Waals surface area contributed by atoms with E-state index in [1.54, 1.807) is 0 Å². The van der Waals surface area contributed by atoms with E-state index >= 15 is 0 Å². The summed E-state index contributed by atoms with van der Waals surface area (Å²) in [5.74, 6) is 0.806. The van der Waals surface area contributed by atoms with Gasteiger partial charge in [-0.2, -0.15) is 0 Å². The fourth-order valence-corrected chi connectivity index (χ4v) is 2.49. The van der Waals surface area contributed by atoms with Crippen molar-refractivity contribution in [3.8, 4) is 0 Å². The first-order valence-electron chi connectivity index (χ1n) is 5.45. The van der Waals surface area contributed by atoms with Crippen LogP contribution in [0.5, 0.6) is 0 Å². The summed E-state index contributed by atoms with van der Waals surface area (Å²) in [6.45, 7) is 7.02. The van der Waals surface area contributed by atoms with E-state index in [4.69, 9.17) is 0 Å². The van der Waals surface area contributed by atoms with Crippen LogP contribution in [0.4, 0.5) is 0 Å². The molecule has 0 aromatic carbocycles. The Balaban J connectivity index is 2.61. The predicted octanol–water partition coefficient (Wildman–Crippen LogP) is 1.72. The van der Waals surface area contributed by atoms with Gasteiger partial charge in [-0.05, 0) is 52.4 Å². The molecule has 0 aliphatic carbocycles. The van der Waals surface area contributed by atoms with Crippen molar-refractivity contribution < 1.29 is 0 Å². The monoisotopic (exact) mass is 184 g/mol. The Kier molecular flexibility index (Phi) is 3.74. The predicted molar refractivity (Wildman–Crippen MR) is 58.0 cm³/mol. The van der Waals surface area contributed by atoms with Gasteiger partial charge in [0, 0.05) is 5.54 Å². The molecule has 0 aromatic heterocycles. The minimum absolute atomic E-state index is 0.472. The zero-order chi connectivity index (χ0) is 9.90. The van der Waals surface area contributed by atoms with Crippen LogP contribution in [0.3, 0.4) is 0 Å². The summed E-state index contributed by atoms with van der Waals surface area (Å²) in [4.78, 5) is 2.44. The van der Waals surface area contributed by atoms with E-state index in [0.717, 1.165) is 5.92 Å². The van der Waals surface area contributed by atoms with Crippen LogP contribution >= 0.6 is 0 Å². The van der Waals surface area contributed by atoms with E-state index in [-0.39, 0.29) is 0 Å². The van der Waals surface area contributed by atoms with Crippen LogP contribution < -0.4 is 5.32 Å². The third kappa shape index (κ3) is 2.68. The number of hydrogen-bond acceptors (Lipinski definition) is 2. The van der Waals surface area contributed by atoms with Crippen molar-refractivity contribution in [3.05, 3.63) is 0 Å². The maximum Gasteiger partial charge on any atom is 0.0230 e. The molecule has 0 atom stereocenters. The second-order valence-corrected chi connectivity index (χ2v) is 4.97. The molecule has 78 valence electrons. The van der Waals surface area contributed by atoms with E-state index in [9.17, 15) is 0 Å². The Hall–Kier alpha value is -0.0800.